The minimum absolute atomic E-state index is 0.00826. The molecule has 3 fully saturated rings. The van der Waals surface area contributed by atoms with Crippen LogP contribution in [-0.4, -0.2) is 86.6 Å². The number of halogens is 1. The molecule has 5 rings (SSSR count). The third-order valence-corrected chi connectivity index (χ3v) is 7.40. The maximum absolute atomic E-state index is 13.4. The number of amides is 1. The van der Waals surface area contributed by atoms with Gasteiger partial charge in [0, 0.05) is 63.1 Å². The number of morpholine rings is 1. The first-order valence-corrected chi connectivity index (χ1v) is 12.7. The van der Waals surface area contributed by atoms with E-state index in [0.717, 1.165) is 88.5 Å². The largest absolute Gasteiger partial charge is 0.378 e. The fourth-order valence-electron chi connectivity index (χ4n) is 5.18. The topological polar surface area (TPSA) is 65.0 Å². The number of benzene rings is 1. The van der Waals surface area contributed by atoms with Crippen molar-refractivity contribution in [1.82, 2.24) is 15.1 Å². The third-order valence-electron chi connectivity index (χ3n) is 7.17. The van der Waals surface area contributed by atoms with Crippen molar-refractivity contribution in [2.45, 2.75) is 19.8 Å². The molecule has 34 heavy (non-hydrogen) atoms. The number of carbonyl (C=O) groups is 1. The predicted molar refractivity (Wildman–Crippen MR) is 135 cm³/mol. The highest BCUT2D eigenvalue weighted by molar-refractivity contribution is 6.30. The molecule has 0 saturated carbocycles. The number of hydrogen-bond donors (Lipinski definition) is 0. The standard InChI is InChI=1S/C25H33ClN6O2/c1-19-4-5-21(26)17-22(19)29-9-11-31(12-10-29)25(33)20-3-2-8-32(18-20)24-7-6-23(27-28-24)30-13-15-34-16-14-30/h4-7,17,20H,2-3,8-16,18H2,1H3. The molecule has 1 amide bonds. The van der Waals surface area contributed by atoms with Gasteiger partial charge in [0.15, 0.2) is 11.6 Å². The number of nitrogens with zero attached hydrogens (tertiary/aromatic N) is 6. The van der Waals surface area contributed by atoms with E-state index in [4.69, 9.17) is 16.3 Å². The van der Waals surface area contributed by atoms with Crippen molar-refractivity contribution in [2.75, 3.05) is 80.3 Å². The Labute approximate surface area is 206 Å². The van der Waals surface area contributed by atoms with Gasteiger partial charge >= 0.3 is 0 Å². The molecule has 0 bridgehead atoms. The van der Waals surface area contributed by atoms with Crippen LogP contribution in [0.1, 0.15) is 18.4 Å². The first-order valence-electron chi connectivity index (χ1n) is 12.3. The summed E-state index contributed by atoms with van der Waals surface area (Å²) in [5.74, 6) is 2.03. The van der Waals surface area contributed by atoms with E-state index in [1.807, 2.05) is 29.2 Å². The third kappa shape index (κ3) is 5.08. The van der Waals surface area contributed by atoms with E-state index >= 15 is 0 Å². The van der Waals surface area contributed by atoms with Gasteiger partial charge in [0.25, 0.3) is 0 Å². The van der Waals surface area contributed by atoms with Crippen molar-refractivity contribution < 1.29 is 9.53 Å². The molecule has 0 aliphatic carbocycles. The summed E-state index contributed by atoms with van der Waals surface area (Å²) in [5, 5.41) is 9.70. The van der Waals surface area contributed by atoms with E-state index in [1.54, 1.807) is 0 Å². The Kier molecular flexibility index (Phi) is 7.06. The van der Waals surface area contributed by atoms with Crippen molar-refractivity contribution in [3.05, 3.63) is 40.9 Å². The molecule has 182 valence electrons. The summed E-state index contributed by atoms with van der Waals surface area (Å²) in [7, 11) is 0. The van der Waals surface area contributed by atoms with Crippen LogP contribution in [-0.2, 0) is 9.53 Å². The summed E-state index contributed by atoms with van der Waals surface area (Å²) >= 11 is 6.22. The average Bonchev–Trinajstić information content (AvgIpc) is 2.90. The smallest absolute Gasteiger partial charge is 0.227 e. The Bertz CT molecular complexity index is 989. The summed E-state index contributed by atoms with van der Waals surface area (Å²) in [5.41, 5.74) is 2.38. The van der Waals surface area contributed by atoms with Crippen LogP contribution in [0.5, 0.6) is 0 Å². The Morgan fingerprint density at radius 3 is 2.32 bits per heavy atom. The minimum atomic E-state index is 0.00826. The second-order valence-corrected chi connectivity index (χ2v) is 9.81. The van der Waals surface area contributed by atoms with E-state index in [-0.39, 0.29) is 11.8 Å². The Morgan fingerprint density at radius 1 is 0.912 bits per heavy atom. The lowest BCUT2D eigenvalue weighted by Gasteiger charge is -2.40. The highest BCUT2D eigenvalue weighted by Crippen LogP contribution is 2.27. The number of ether oxygens (including phenoxy) is 1. The van der Waals surface area contributed by atoms with Crippen LogP contribution in [0, 0.1) is 12.8 Å². The monoisotopic (exact) mass is 484 g/mol. The van der Waals surface area contributed by atoms with Crippen LogP contribution in [0.2, 0.25) is 5.02 Å². The fraction of sp³-hybridized carbons (Fsp3) is 0.560. The van der Waals surface area contributed by atoms with Gasteiger partial charge in [-0.15, -0.1) is 10.2 Å². The molecular weight excluding hydrogens is 452 g/mol. The first-order chi connectivity index (χ1) is 16.6. The zero-order chi connectivity index (χ0) is 23.5. The molecule has 3 aliphatic rings. The van der Waals surface area contributed by atoms with E-state index in [2.05, 4.69) is 37.9 Å². The van der Waals surface area contributed by atoms with Gasteiger partial charge in [0.1, 0.15) is 0 Å². The molecule has 0 N–H and O–H groups in total. The Morgan fingerprint density at radius 2 is 1.62 bits per heavy atom. The van der Waals surface area contributed by atoms with Gasteiger partial charge in [0.2, 0.25) is 5.91 Å². The second kappa shape index (κ2) is 10.4. The Balaban J connectivity index is 1.17. The van der Waals surface area contributed by atoms with E-state index < -0.39 is 0 Å². The summed E-state index contributed by atoms with van der Waals surface area (Å²) in [6.45, 7) is 10.0. The molecule has 8 nitrogen and oxygen atoms in total. The van der Waals surface area contributed by atoms with Crippen molar-refractivity contribution in [3.63, 3.8) is 0 Å². The number of aryl methyl sites for hydroxylation is 1. The van der Waals surface area contributed by atoms with Crippen molar-refractivity contribution in [1.29, 1.82) is 0 Å². The highest BCUT2D eigenvalue weighted by Gasteiger charge is 2.32. The van der Waals surface area contributed by atoms with Crippen LogP contribution >= 0.6 is 11.6 Å². The molecule has 0 spiro atoms. The van der Waals surface area contributed by atoms with Crippen LogP contribution in [0.4, 0.5) is 17.3 Å². The number of rotatable bonds is 4. The second-order valence-electron chi connectivity index (χ2n) is 9.38. The first kappa shape index (κ1) is 23.2. The van der Waals surface area contributed by atoms with Gasteiger partial charge in [-0.05, 0) is 49.6 Å². The van der Waals surface area contributed by atoms with Crippen molar-refractivity contribution in [3.8, 4) is 0 Å². The number of anilines is 3. The quantitative estimate of drug-likeness (QED) is 0.661. The van der Waals surface area contributed by atoms with Gasteiger partial charge < -0.3 is 24.3 Å². The molecule has 4 heterocycles. The van der Waals surface area contributed by atoms with Crippen LogP contribution < -0.4 is 14.7 Å². The molecule has 9 heteroatoms. The van der Waals surface area contributed by atoms with Gasteiger partial charge in [-0.1, -0.05) is 17.7 Å². The zero-order valence-corrected chi connectivity index (χ0v) is 20.6. The number of piperidine rings is 1. The number of piperazine rings is 1. The Hall–Kier alpha value is -2.58. The summed E-state index contributed by atoms with van der Waals surface area (Å²) in [6.07, 6.45) is 1.92. The molecule has 1 aromatic carbocycles. The number of aromatic nitrogens is 2. The zero-order valence-electron chi connectivity index (χ0n) is 19.8. The molecule has 1 atom stereocenters. The van der Waals surface area contributed by atoms with Crippen LogP contribution in [0.3, 0.4) is 0 Å². The molecule has 1 unspecified atom stereocenters. The van der Waals surface area contributed by atoms with Crippen molar-refractivity contribution >= 4 is 34.8 Å². The number of hydrogen-bond acceptors (Lipinski definition) is 7. The summed E-state index contributed by atoms with van der Waals surface area (Å²) in [6, 6.07) is 10.1. The number of carbonyl (C=O) groups excluding carboxylic acids is 1. The van der Waals surface area contributed by atoms with Gasteiger partial charge in [-0.3, -0.25) is 4.79 Å². The van der Waals surface area contributed by atoms with Gasteiger partial charge in [-0.25, -0.2) is 0 Å². The predicted octanol–water partition coefficient (Wildman–Crippen LogP) is 2.84. The lowest BCUT2D eigenvalue weighted by molar-refractivity contribution is -0.136. The average molecular weight is 485 g/mol. The lowest BCUT2D eigenvalue weighted by atomic mass is 9.96. The van der Waals surface area contributed by atoms with E-state index in [9.17, 15) is 4.79 Å². The van der Waals surface area contributed by atoms with Gasteiger partial charge in [-0.2, -0.15) is 0 Å². The molecule has 0 radical (unpaired) electrons. The normalized spacial score (nSPS) is 21.6. The van der Waals surface area contributed by atoms with Crippen LogP contribution in [0.15, 0.2) is 30.3 Å². The highest BCUT2D eigenvalue weighted by atomic mass is 35.5. The van der Waals surface area contributed by atoms with Crippen molar-refractivity contribution in [2.24, 2.45) is 5.92 Å². The molecule has 3 saturated heterocycles. The molecule has 2 aromatic rings. The van der Waals surface area contributed by atoms with E-state index in [0.29, 0.717) is 6.54 Å². The van der Waals surface area contributed by atoms with E-state index in [1.165, 1.54) is 11.3 Å². The summed E-state index contributed by atoms with van der Waals surface area (Å²) in [4.78, 5) is 22.2. The van der Waals surface area contributed by atoms with Crippen LogP contribution in [0.25, 0.3) is 0 Å². The summed E-state index contributed by atoms with van der Waals surface area (Å²) < 4.78 is 5.42. The minimum Gasteiger partial charge on any atom is -0.378 e. The molecular formula is C25H33ClN6O2. The van der Waals surface area contributed by atoms with Gasteiger partial charge in [0.05, 0.1) is 19.1 Å². The molecule has 3 aliphatic heterocycles. The SMILES string of the molecule is Cc1ccc(Cl)cc1N1CCN(C(=O)C2CCCN(c3ccc(N4CCOCC4)nn3)C2)CC1. The maximum Gasteiger partial charge on any atom is 0.227 e. The molecule has 1 aromatic heterocycles. The lowest BCUT2D eigenvalue weighted by Crippen LogP contribution is -2.52. The fourth-order valence-corrected chi connectivity index (χ4v) is 5.35. The maximum atomic E-state index is 13.4.